The van der Waals surface area contributed by atoms with Crippen LogP contribution in [0.1, 0.15) is 12.5 Å². The third kappa shape index (κ3) is 3.20. The maximum Gasteiger partial charge on any atom is 0.208 e. The van der Waals surface area contributed by atoms with Crippen LogP contribution in [-0.4, -0.2) is 26.5 Å². The molecular formula is C18H19FN2O2S. The maximum atomic E-state index is 13.4. The van der Waals surface area contributed by atoms with Gasteiger partial charge in [0, 0.05) is 17.1 Å². The first-order valence-corrected chi connectivity index (χ1v) is 9.32. The van der Waals surface area contributed by atoms with Gasteiger partial charge in [-0.3, -0.25) is 0 Å². The lowest BCUT2D eigenvalue weighted by Crippen LogP contribution is -2.15. The highest BCUT2D eigenvalue weighted by Crippen LogP contribution is 2.29. The maximum absolute atomic E-state index is 13.4. The third-order valence-corrected chi connectivity index (χ3v) is 5.74. The smallest absolute Gasteiger partial charge is 0.208 e. The molecule has 0 atom stereocenters. The lowest BCUT2D eigenvalue weighted by atomic mass is 10.1. The summed E-state index contributed by atoms with van der Waals surface area (Å²) in [5, 5.41) is 3.88. The van der Waals surface area contributed by atoms with Crippen molar-refractivity contribution in [2.24, 2.45) is 0 Å². The molecular weight excluding hydrogens is 327 g/mol. The molecule has 0 amide bonds. The van der Waals surface area contributed by atoms with Gasteiger partial charge in [-0.2, -0.15) is 0 Å². The Morgan fingerprint density at radius 3 is 2.75 bits per heavy atom. The van der Waals surface area contributed by atoms with Gasteiger partial charge in [-0.1, -0.05) is 25.1 Å². The van der Waals surface area contributed by atoms with Crippen LogP contribution < -0.4 is 5.32 Å². The summed E-state index contributed by atoms with van der Waals surface area (Å²) in [7, 11) is -3.76. The summed E-state index contributed by atoms with van der Waals surface area (Å²) in [6.45, 7) is 3.84. The second-order valence-corrected chi connectivity index (χ2v) is 7.52. The largest absolute Gasteiger partial charge is 0.360 e. The number of sulfone groups is 1. The van der Waals surface area contributed by atoms with E-state index in [1.165, 1.54) is 24.4 Å². The number of H-pyrrole nitrogens is 1. The van der Waals surface area contributed by atoms with E-state index in [2.05, 4.69) is 17.2 Å². The van der Waals surface area contributed by atoms with E-state index in [9.17, 15) is 12.8 Å². The molecule has 24 heavy (non-hydrogen) atoms. The number of fused-ring (bicyclic) bond motifs is 1. The standard InChI is InChI=1S/C18H19FN2O2S/c1-2-20-9-8-13-6-7-16-17(10-13)21-12-18(16)24(22,23)15-5-3-4-14(19)11-15/h3-7,10-12,20-21H,2,8-9H2,1H3. The van der Waals surface area contributed by atoms with E-state index in [1.807, 2.05) is 12.1 Å². The molecule has 3 rings (SSSR count). The summed E-state index contributed by atoms with van der Waals surface area (Å²) in [6, 6.07) is 10.8. The Labute approximate surface area is 140 Å². The monoisotopic (exact) mass is 346 g/mol. The normalized spacial score (nSPS) is 11.9. The average Bonchev–Trinajstić information content (AvgIpc) is 2.99. The van der Waals surface area contributed by atoms with Gasteiger partial charge >= 0.3 is 0 Å². The molecule has 0 saturated heterocycles. The highest BCUT2D eigenvalue weighted by molar-refractivity contribution is 7.91. The second kappa shape index (κ2) is 6.75. The minimum atomic E-state index is -3.76. The first-order valence-electron chi connectivity index (χ1n) is 7.84. The molecule has 3 aromatic rings. The quantitative estimate of drug-likeness (QED) is 0.673. The lowest BCUT2D eigenvalue weighted by Gasteiger charge is -2.05. The summed E-state index contributed by atoms with van der Waals surface area (Å²) in [4.78, 5) is 3.14. The van der Waals surface area contributed by atoms with E-state index in [0.717, 1.165) is 36.7 Å². The first-order chi connectivity index (χ1) is 11.5. The van der Waals surface area contributed by atoms with Gasteiger partial charge in [0.2, 0.25) is 9.84 Å². The highest BCUT2D eigenvalue weighted by atomic mass is 32.2. The van der Waals surface area contributed by atoms with Crippen molar-refractivity contribution < 1.29 is 12.8 Å². The number of halogens is 1. The van der Waals surface area contributed by atoms with Crippen LogP contribution in [0.25, 0.3) is 10.9 Å². The van der Waals surface area contributed by atoms with Crippen molar-refractivity contribution in [2.45, 2.75) is 23.1 Å². The first kappa shape index (κ1) is 16.7. The molecule has 126 valence electrons. The summed E-state index contributed by atoms with van der Waals surface area (Å²) < 4.78 is 38.9. The SMILES string of the molecule is CCNCCc1ccc2c(S(=O)(=O)c3cccc(F)c3)c[nH]c2c1. The molecule has 0 aliphatic heterocycles. The van der Waals surface area contributed by atoms with Crippen LogP contribution in [0.3, 0.4) is 0 Å². The molecule has 0 saturated carbocycles. The number of hydrogen-bond donors (Lipinski definition) is 2. The average molecular weight is 346 g/mol. The number of hydrogen-bond acceptors (Lipinski definition) is 3. The fraction of sp³-hybridized carbons (Fsp3) is 0.222. The molecule has 0 unspecified atom stereocenters. The fourth-order valence-electron chi connectivity index (χ4n) is 2.70. The molecule has 2 aromatic carbocycles. The van der Waals surface area contributed by atoms with Crippen molar-refractivity contribution in [1.29, 1.82) is 0 Å². The van der Waals surface area contributed by atoms with Crippen LogP contribution in [-0.2, 0) is 16.3 Å². The van der Waals surface area contributed by atoms with Crippen LogP contribution in [0, 0.1) is 5.82 Å². The zero-order valence-corrected chi connectivity index (χ0v) is 14.2. The van der Waals surface area contributed by atoms with Gasteiger partial charge in [0.15, 0.2) is 0 Å². The molecule has 6 heteroatoms. The van der Waals surface area contributed by atoms with E-state index >= 15 is 0 Å². The molecule has 0 spiro atoms. The van der Waals surface area contributed by atoms with Gasteiger partial charge < -0.3 is 10.3 Å². The van der Waals surface area contributed by atoms with Gasteiger partial charge in [-0.05, 0) is 49.3 Å². The molecule has 0 aliphatic rings. The third-order valence-electron chi connectivity index (χ3n) is 3.94. The van der Waals surface area contributed by atoms with E-state index < -0.39 is 15.7 Å². The van der Waals surface area contributed by atoms with E-state index in [0.29, 0.717) is 5.39 Å². The predicted molar refractivity (Wildman–Crippen MR) is 92.4 cm³/mol. The number of nitrogens with one attached hydrogen (secondary N) is 2. The molecule has 1 aromatic heterocycles. The van der Waals surface area contributed by atoms with Gasteiger partial charge in [-0.15, -0.1) is 0 Å². The zero-order chi connectivity index (χ0) is 17.2. The van der Waals surface area contributed by atoms with Gasteiger partial charge in [0.1, 0.15) is 5.82 Å². The number of likely N-dealkylation sites (N-methyl/N-ethyl adjacent to an activating group) is 1. The Bertz CT molecular complexity index is 964. The summed E-state index contributed by atoms with van der Waals surface area (Å²) in [5.74, 6) is -0.568. The Hall–Kier alpha value is -2.18. The Morgan fingerprint density at radius 2 is 2.00 bits per heavy atom. The number of aromatic nitrogens is 1. The molecule has 0 bridgehead atoms. The predicted octanol–water partition coefficient (Wildman–Crippen LogP) is 3.29. The summed E-state index contributed by atoms with van der Waals surface area (Å²) in [6.07, 6.45) is 2.34. The van der Waals surface area contributed by atoms with Crippen molar-refractivity contribution in [3.63, 3.8) is 0 Å². The van der Waals surface area contributed by atoms with Crippen LogP contribution in [0.15, 0.2) is 58.5 Å². The lowest BCUT2D eigenvalue weighted by molar-refractivity contribution is 0.591. The topological polar surface area (TPSA) is 62.0 Å². The van der Waals surface area contributed by atoms with Gasteiger partial charge in [-0.25, -0.2) is 12.8 Å². The van der Waals surface area contributed by atoms with E-state index in [4.69, 9.17) is 0 Å². The van der Waals surface area contributed by atoms with Crippen LogP contribution in [0.4, 0.5) is 4.39 Å². The molecule has 0 fully saturated rings. The van der Waals surface area contributed by atoms with Crippen molar-refractivity contribution in [2.75, 3.05) is 13.1 Å². The molecule has 0 aliphatic carbocycles. The van der Waals surface area contributed by atoms with Gasteiger partial charge in [0.25, 0.3) is 0 Å². The van der Waals surface area contributed by atoms with Crippen LogP contribution in [0.5, 0.6) is 0 Å². The Balaban J connectivity index is 1.98. The van der Waals surface area contributed by atoms with E-state index in [-0.39, 0.29) is 9.79 Å². The van der Waals surface area contributed by atoms with Crippen molar-refractivity contribution in [3.05, 3.63) is 60.0 Å². The number of aromatic amines is 1. The van der Waals surface area contributed by atoms with Crippen molar-refractivity contribution in [3.8, 4) is 0 Å². The molecule has 2 N–H and O–H groups in total. The molecule has 0 radical (unpaired) electrons. The summed E-state index contributed by atoms with van der Waals surface area (Å²) in [5.41, 5.74) is 1.89. The van der Waals surface area contributed by atoms with Crippen LogP contribution >= 0.6 is 0 Å². The zero-order valence-electron chi connectivity index (χ0n) is 13.3. The second-order valence-electron chi connectivity index (χ2n) is 5.60. The fourth-order valence-corrected chi connectivity index (χ4v) is 4.16. The Kier molecular flexibility index (Phi) is 4.69. The molecule has 4 nitrogen and oxygen atoms in total. The minimum Gasteiger partial charge on any atom is -0.360 e. The number of benzene rings is 2. The highest BCUT2D eigenvalue weighted by Gasteiger charge is 2.22. The number of rotatable bonds is 6. The van der Waals surface area contributed by atoms with Crippen LogP contribution in [0.2, 0.25) is 0 Å². The van der Waals surface area contributed by atoms with Crippen molar-refractivity contribution in [1.82, 2.24) is 10.3 Å². The van der Waals surface area contributed by atoms with Crippen molar-refractivity contribution >= 4 is 20.7 Å². The molecule has 1 heterocycles. The summed E-state index contributed by atoms with van der Waals surface area (Å²) >= 11 is 0. The Morgan fingerprint density at radius 1 is 1.17 bits per heavy atom. The van der Waals surface area contributed by atoms with Gasteiger partial charge in [0.05, 0.1) is 9.79 Å². The minimum absolute atomic E-state index is 0.0420. The van der Waals surface area contributed by atoms with E-state index in [1.54, 1.807) is 6.07 Å².